The van der Waals surface area contributed by atoms with Gasteiger partial charge in [0, 0.05) is 24.7 Å². The smallest absolute Gasteiger partial charge is 0.409 e. The van der Waals surface area contributed by atoms with Crippen LogP contribution < -0.4 is 5.32 Å². The molecule has 1 heterocycles. The molecule has 1 aliphatic heterocycles. The van der Waals surface area contributed by atoms with Gasteiger partial charge < -0.3 is 20.1 Å². The summed E-state index contributed by atoms with van der Waals surface area (Å²) in [4.78, 5) is 13.7. The maximum Gasteiger partial charge on any atom is 0.409 e. The largest absolute Gasteiger partial charge is 0.449 e. The minimum atomic E-state index is -0.186. The van der Waals surface area contributed by atoms with Gasteiger partial charge in [-0.05, 0) is 44.4 Å². The maximum atomic E-state index is 11.9. The van der Waals surface area contributed by atoms with E-state index in [1.54, 1.807) is 4.90 Å². The monoisotopic (exact) mass is 298 g/mol. The Bertz CT molecular complexity index is 349. The molecule has 0 aromatic carbocycles. The molecule has 2 rings (SSSR count). The number of carbonyl (C=O) groups is 1. The first-order chi connectivity index (χ1) is 9.94. The maximum absolute atomic E-state index is 11.9. The molecule has 1 saturated heterocycles. The zero-order valence-electron chi connectivity index (χ0n) is 13.6. The molecule has 0 radical (unpaired) electrons. The quantitative estimate of drug-likeness (QED) is 0.787. The first-order valence-corrected chi connectivity index (χ1v) is 8.25. The van der Waals surface area contributed by atoms with Gasteiger partial charge in [0.25, 0.3) is 0 Å². The summed E-state index contributed by atoms with van der Waals surface area (Å²) in [6, 6.07) is 0.386. The van der Waals surface area contributed by atoms with E-state index in [2.05, 4.69) is 12.2 Å². The second-order valence-electron chi connectivity index (χ2n) is 7.23. The van der Waals surface area contributed by atoms with Crippen LogP contribution in [-0.2, 0) is 4.74 Å². The topological polar surface area (TPSA) is 61.8 Å². The molecule has 5 heteroatoms. The number of hydrogen-bond donors (Lipinski definition) is 2. The third kappa shape index (κ3) is 4.58. The summed E-state index contributed by atoms with van der Waals surface area (Å²) in [6.45, 7) is 8.35. The highest BCUT2D eigenvalue weighted by Gasteiger charge is 2.42. The van der Waals surface area contributed by atoms with E-state index in [4.69, 9.17) is 4.74 Å². The molecule has 1 atom stereocenters. The number of nitrogens with zero attached hydrogens (tertiary/aromatic N) is 1. The lowest BCUT2D eigenvalue weighted by atomic mass is 9.93. The molecule has 1 unspecified atom stereocenters. The second-order valence-corrected chi connectivity index (χ2v) is 7.23. The fourth-order valence-corrected chi connectivity index (χ4v) is 3.02. The minimum Gasteiger partial charge on any atom is -0.449 e. The molecular formula is C16H30N2O3. The molecule has 1 amide bonds. The number of piperidine rings is 1. The number of aliphatic hydroxyl groups excluding tert-OH is 1. The Morgan fingerprint density at radius 3 is 2.43 bits per heavy atom. The van der Waals surface area contributed by atoms with Crippen molar-refractivity contribution in [3.8, 4) is 0 Å². The highest BCUT2D eigenvalue weighted by atomic mass is 16.6. The van der Waals surface area contributed by atoms with Crippen molar-refractivity contribution in [1.82, 2.24) is 10.2 Å². The summed E-state index contributed by atoms with van der Waals surface area (Å²) < 4.78 is 5.28. The van der Waals surface area contributed by atoms with Crippen LogP contribution >= 0.6 is 0 Å². The van der Waals surface area contributed by atoms with E-state index in [1.807, 2.05) is 13.8 Å². The van der Waals surface area contributed by atoms with Crippen LogP contribution in [0.3, 0.4) is 0 Å². The Balaban J connectivity index is 1.74. The van der Waals surface area contributed by atoms with Crippen molar-refractivity contribution in [2.75, 3.05) is 26.3 Å². The molecule has 2 fully saturated rings. The van der Waals surface area contributed by atoms with Crippen LogP contribution in [0, 0.1) is 11.8 Å². The van der Waals surface area contributed by atoms with E-state index in [-0.39, 0.29) is 18.2 Å². The van der Waals surface area contributed by atoms with Crippen molar-refractivity contribution in [2.24, 2.45) is 11.8 Å². The Morgan fingerprint density at radius 2 is 1.95 bits per heavy atom. The third-order valence-electron chi connectivity index (χ3n) is 4.63. The van der Waals surface area contributed by atoms with Crippen molar-refractivity contribution >= 4 is 6.09 Å². The number of hydrogen-bond acceptors (Lipinski definition) is 4. The molecule has 0 spiro atoms. The number of likely N-dealkylation sites (tertiary alicyclic amines) is 1. The molecule has 2 aliphatic rings. The molecule has 2 N–H and O–H groups in total. The summed E-state index contributed by atoms with van der Waals surface area (Å²) in [6.07, 6.45) is 4.10. The van der Waals surface area contributed by atoms with Gasteiger partial charge in [0.05, 0.1) is 13.2 Å². The first-order valence-electron chi connectivity index (χ1n) is 8.25. The third-order valence-corrected chi connectivity index (χ3v) is 4.63. The van der Waals surface area contributed by atoms with Crippen LogP contribution in [0.2, 0.25) is 0 Å². The molecule has 122 valence electrons. The van der Waals surface area contributed by atoms with Crippen LogP contribution in [0.4, 0.5) is 4.79 Å². The van der Waals surface area contributed by atoms with E-state index in [9.17, 15) is 9.90 Å². The molecule has 5 nitrogen and oxygen atoms in total. The second kappa shape index (κ2) is 6.97. The van der Waals surface area contributed by atoms with Gasteiger partial charge in [-0.25, -0.2) is 4.79 Å². The Hall–Kier alpha value is -0.810. The lowest BCUT2D eigenvalue weighted by Gasteiger charge is -2.38. The Labute approximate surface area is 128 Å². The van der Waals surface area contributed by atoms with Gasteiger partial charge in [-0.2, -0.15) is 0 Å². The highest BCUT2D eigenvalue weighted by molar-refractivity contribution is 5.67. The summed E-state index contributed by atoms with van der Waals surface area (Å²) in [5, 5.41) is 13.3. The number of nitrogens with one attached hydrogen (secondary N) is 1. The molecule has 0 aromatic rings. The zero-order chi connectivity index (χ0) is 15.5. The molecule has 0 aromatic heterocycles. The lowest BCUT2D eigenvalue weighted by molar-refractivity contribution is 0.0743. The number of rotatable bonds is 6. The van der Waals surface area contributed by atoms with Crippen molar-refractivity contribution in [3.63, 3.8) is 0 Å². The summed E-state index contributed by atoms with van der Waals surface area (Å²) in [5.74, 6) is 0.980. The standard InChI is InChI=1S/C16H30N2O3/c1-12(2)10-21-15(20)18-8-6-14(7-9-18)17-16(3,11-19)13-4-5-13/h12-14,17,19H,4-11H2,1-3H3. The SMILES string of the molecule is CC(C)COC(=O)N1CCC(NC(C)(CO)C2CC2)CC1. The van der Waals surface area contributed by atoms with E-state index >= 15 is 0 Å². The van der Waals surface area contributed by atoms with Gasteiger partial charge in [0.1, 0.15) is 0 Å². The predicted octanol–water partition coefficient (Wildman–Crippen LogP) is 1.99. The zero-order valence-corrected chi connectivity index (χ0v) is 13.6. The van der Waals surface area contributed by atoms with Crippen LogP contribution in [0.25, 0.3) is 0 Å². The summed E-state index contributed by atoms with van der Waals surface area (Å²) in [5.41, 5.74) is -0.148. The van der Waals surface area contributed by atoms with Gasteiger partial charge in [-0.15, -0.1) is 0 Å². The van der Waals surface area contributed by atoms with Crippen molar-refractivity contribution in [1.29, 1.82) is 0 Å². The van der Waals surface area contributed by atoms with E-state index < -0.39 is 0 Å². The fourth-order valence-electron chi connectivity index (χ4n) is 3.02. The van der Waals surface area contributed by atoms with E-state index in [0.29, 0.717) is 24.5 Å². The number of amides is 1. The van der Waals surface area contributed by atoms with Crippen LogP contribution in [0.1, 0.15) is 46.5 Å². The summed E-state index contributed by atoms with van der Waals surface area (Å²) in [7, 11) is 0. The average Bonchev–Trinajstić information content (AvgIpc) is 3.30. The van der Waals surface area contributed by atoms with E-state index in [0.717, 1.165) is 25.9 Å². The Morgan fingerprint density at radius 1 is 1.33 bits per heavy atom. The molecule has 21 heavy (non-hydrogen) atoms. The van der Waals surface area contributed by atoms with Crippen LogP contribution in [0.15, 0.2) is 0 Å². The number of carbonyl (C=O) groups excluding carboxylic acids is 1. The average molecular weight is 298 g/mol. The van der Waals surface area contributed by atoms with Crippen LogP contribution in [0.5, 0.6) is 0 Å². The van der Waals surface area contributed by atoms with Gasteiger partial charge in [0.15, 0.2) is 0 Å². The Kier molecular flexibility index (Phi) is 5.49. The molecule has 1 aliphatic carbocycles. The highest BCUT2D eigenvalue weighted by Crippen LogP contribution is 2.39. The number of ether oxygens (including phenoxy) is 1. The van der Waals surface area contributed by atoms with Crippen molar-refractivity contribution in [2.45, 2.75) is 58.0 Å². The van der Waals surface area contributed by atoms with E-state index in [1.165, 1.54) is 12.8 Å². The predicted molar refractivity (Wildman–Crippen MR) is 82.1 cm³/mol. The number of aliphatic hydroxyl groups is 1. The summed E-state index contributed by atoms with van der Waals surface area (Å²) >= 11 is 0. The van der Waals surface area contributed by atoms with Gasteiger partial charge in [-0.3, -0.25) is 0 Å². The minimum absolute atomic E-state index is 0.148. The van der Waals surface area contributed by atoms with Gasteiger partial charge in [-0.1, -0.05) is 13.8 Å². The van der Waals surface area contributed by atoms with Crippen molar-refractivity contribution in [3.05, 3.63) is 0 Å². The first kappa shape index (κ1) is 16.6. The van der Waals surface area contributed by atoms with Crippen LogP contribution in [-0.4, -0.2) is 54.0 Å². The molecule has 0 bridgehead atoms. The lowest BCUT2D eigenvalue weighted by Crippen LogP contribution is -2.55. The molecule has 1 saturated carbocycles. The fraction of sp³-hybridized carbons (Fsp3) is 0.938. The van der Waals surface area contributed by atoms with Gasteiger partial charge >= 0.3 is 6.09 Å². The van der Waals surface area contributed by atoms with Crippen molar-refractivity contribution < 1.29 is 14.6 Å². The normalized spacial score (nSPS) is 23.2. The molecular weight excluding hydrogens is 268 g/mol. The van der Waals surface area contributed by atoms with Gasteiger partial charge in [0.2, 0.25) is 0 Å².